The largest absolute Gasteiger partial charge is 0.411 e. The molecule has 0 spiro atoms. The molecule has 148 valence electrons. The number of oxime groups is 1. The Morgan fingerprint density at radius 1 is 1.21 bits per heavy atom. The van der Waals surface area contributed by atoms with Gasteiger partial charge in [0.05, 0.1) is 23.0 Å². The van der Waals surface area contributed by atoms with Crippen molar-refractivity contribution in [3.05, 3.63) is 63.7 Å². The van der Waals surface area contributed by atoms with Gasteiger partial charge in [0.1, 0.15) is 17.5 Å². The first-order valence-corrected chi connectivity index (χ1v) is 9.18. The molecule has 8 heteroatoms. The molecule has 0 radical (unpaired) electrons. The van der Waals surface area contributed by atoms with Crippen LogP contribution in [0.2, 0.25) is 5.02 Å². The Kier molecular flexibility index (Phi) is 6.26. The lowest BCUT2D eigenvalue weighted by Crippen LogP contribution is -2.17. The van der Waals surface area contributed by atoms with Crippen LogP contribution < -0.4 is 5.32 Å². The van der Waals surface area contributed by atoms with Crippen LogP contribution >= 0.6 is 11.6 Å². The van der Waals surface area contributed by atoms with Gasteiger partial charge in [-0.1, -0.05) is 22.8 Å². The molecule has 3 rings (SSSR count). The zero-order chi connectivity index (χ0) is 20.3. The predicted molar refractivity (Wildman–Crippen MR) is 108 cm³/mol. The topological polar surface area (TPSA) is 60.2 Å². The Morgan fingerprint density at radius 3 is 2.64 bits per heavy atom. The third kappa shape index (κ3) is 4.48. The molecule has 2 aromatic rings. The van der Waals surface area contributed by atoms with Crippen molar-refractivity contribution in [1.82, 2.24) is 4.90 Å². The maximum absolute atomic E-state index is 14.3. The molecule has 2 aromatic carbocycles. The van der Waals surface area contributed by atoms with Gasteiger partial charge < -0.3 is 15.4 Å². The van der Waals surface area contributed by atoms with Gasteiger partial charge in [0.15, 0.2) is 0 Å². The third-order valence-corrected chi connectivity index (χ3v) is 4.80. The molecule has 0 aliphatic carbocycles. The Bertz CT molecular complexity index is 944. The third-order valence-electron chi connectivity index (χ3n) is 4.51. The summed E-state index contributed by atoms with van der Waals surface area (Å²) in [5.74, 6) is -0.234. The van der Waals surface area contributed by atoms with Crippen LogP contribution in [-0.4, -0.2) is 48.8 Å². The number of nitrogens with one attached hydrogen (secondary N) is 1. The van der Waals surface area contributed by atoms with Crippen molar-refractivity contribution in [3.8, 4) is 0 Å². The highest BCUT2D eigenvalue weighted by molar-refractivity contribution is 6.30. The zero-order valence-electron chi connectivity index (χ0n) is 15.6. The maximum Gasteiger partial charge on any atom is 0.147 e. The minimum Gasteiger partial charge on any atom is -0.411 e. The van der Waals surface area contributed by atoms with E-state index < -0.39 is 11.6 Å². The fraction of sp³-hybridized carbons (Fsp3) is 0.300. The highest BCUT2D eigenvalue weighted by Gasteiger charge is 2.25. The summed E-state index contributed by atoms with van der Waals surface area (Å²) >= 11 is 5.83. The van der Waals surface area contributed by atoms with Crippen LogP contribution in [0.15, 0.2) is 40.5 Å². The summed E-state index contributed by atoms with van der Waals surface area (Å²) in [4.78, 5) is 6.50. The lowest BCUT2D eigenvalue weighted by molar-refractivity contribution is 0.318. The molecular formula is C20H21ClF2N4O. The Morgan fingerprint density at radius 2 is 1.96 bits per heavy atom. The molecule has 1 aliphatic rings. The van der Waals surface area contributed by atoms with Crippen molar-refractivity contribution in [2.45, 2.75) is 12.8 Å². The van der Waals surface area contributed by atoms with Crippen LogP contribution in [-0.2, 0) is 12.8 Å². The molecule has 5 nitrogen and oxygen atoms in total. The number of aliphatic imine (C=N–C) groups is 1. The average molecular weight is 407 g/mol. The zero-order valence-corrected chi connectivity index (χ0v) is 16.4. The molecule has 2 N–H and O–H groups in total. The minimum absolute atomic E-state index is 0.00361. The Hall–Kier alpha value is -2.51. The van der Waals surface area contributed by atoms with Gasteiger partial charge in [-0.2, -0.15) is 0 Å². The van der Waals surface area contributed by atoms with E-state index in [0.29, 0.717) is 46.9 Å². The summed E-state index contributed by atoms with van der Waals surface area (Å²) in [5.41, 5.74) is 2.67. The van der Waals surface area contributed by atoms with Gasteiger partial charge in [-0.05, 0) is 49.5 Å². The Balaban J connectivity index is 1.87. The quantitative estimate of drug-likeness (QED) is 0.433. The summed E-state index contributed by atoms with van der Waals surface area (Å²) in [6, 6.07) is 7.23. The van der Waals surface area contributed by atoms with Crippen molar-refractivity contribution in [2.75, 3.05) is 32.5 Å². The highest BCUT2D eigenvalue weighted by Crippen LogP contribution is 2.31. The number of hydrogen-bond acceptors (Lipinski definition) is 4. The molecule has 0 aromatic heterocycles. The standard InChI is InChI=1S/C20H21ClF2N4O/c1-27(2)8-7-24-19-11-14-13(4-6-17(23)20(14)25-19)18(26-28)10-12-3-5-16(22)15(21)9-12/h3-6,9,28H,7-8,10-11H2,1-2H3,(H,24,25)/b26-18+. The molecule has 0 amide bonds. The molecule has 0 atom stereocenters. The molecule has 1 heterocycles. The van der Waals surface area contributed by atoms with E-state index in [9.17, 15) is 14.0 Å². The van der Waals surface area contributed by atoms with Crippen molar-refractivity contribution in [2.24, 2.45) is 10.1 Å². The van der Waals surface area contributed by atoms with Crippen molar-refractivity contribution in [1.29, 1.82) is 0 Å². The van der Waals surface area contributed by atoms with E-state index in [0.717, 1.165) is 6.54 Å². The lowest BCUT2D eigenvalue weighted by Gasteiger charge is -2.10. The number of anilines is 1. The minimum atomic E-state index is -0.515. The van der Waals surface area contributed by atoms with Gasteiger partial charge in [0.25, 0.3) is 0 Å². The number of likely N-dealkylation sites (N-methyl/N-ethyl adjacent to an activating group) is 1. The van der Waals surface area contributed by atoms with Crippen molar-refractivity contribution in [3.63, 3.8) is 0 Å². The van der Waals surface area contributed by atoms with Crippen LogP contribution in [0.1, 0.15) is 16.7 Å². The van der Waals surface area contributed by atoms with Crippen LogP contribution in [0, 0.1) is 11.6 Å². The first kappa shape index (κ1) is 20.2. The van der Waals surface area contributed by atoms with Gasteiger partial charge in [0, 0.05) is 24.9 Å². The molecule has 0 unspecified atom stereocenters. The number of amidine groups is 1. The number of rotatable bonds is 6. The second-order valence-corrected chi connectivity index (χ2v) is 7.26. The molecule has 28 heavy (non-hydrogen) atoms. The van der Waals surface area contributed by atoms with Gasteiger partial charge in [-0.25, -0.2) is 8.78 Å². The number of hydrogen-bond donors (Lipinski definition) is 2. The first-order valence-electron chi connectivity index (χ1n) is 8.80. The number of nitrogens with zero attached hydrogens (tertiary/aromatic N) is 3. The summed E-state index contributed by atoms with van der Waals surface area (Å²) < 4.78 is 27.7. The SMILES string of the molecule is CN(C)CCN=C1Cc2c(/C(Cc3ccc(F)c(Cl)c3)=N/O)ccc(F)c2N1. The van der Waals surface area contributed by atoms with E-state index in [2.05, 4.69) is 15.5 Å². The van der Waals surface area contributed by atoms with Crippen LogP contribution in [0.3, 0.4) is 0 Å². The second kappa shape index (κ2) is 8.67. The maximum atomic E-state index is 14.3. The van der Waals surface area contributed by atoms with Crippen molar-refractivity contribution < 1.29 is 14.0 Å². The van der Waals surface area contributed by atoms with Gasteiger partial charge in [-0.15, -0.1) is 0 Å². The lowest BCUT2D eigenvalue weighted by atomic mass is 9.96. The highest BCUT2D eigenvalue weighted by atomic mass is 35.5. The van der Waals surface area contributed by atoms with E-state index >= 15 is 0 Å². The van der Waals surface area contributed by atoms with Crippen LogP contribution in [0.4, 0.5) is 14.5 Å². The fourth-order valence-electron chi connectivity index (χ4n) is 3.07. The van der Waals surface area contributed by atoms with Gasteiger partial charge >= 0.3 is 0 Å². The van der Waals surface area contributed by atoms with Crippen LogP contribution in [0.25, 0.3) is 0 Å². The summed E-state index contributed by atoms with van der Waals surface area (Å²) in [6.45, 7) is 1.38. The molecular weight excluding hydrogens is 386 g/mol. The predicted octanol–water partition coefficient (Wildman–Crippen LogP) is 3.97. The fourth-order valence-corrected chi connectivity index (χ4v) is 3.28. The van der Waals surface area contributed by atoms with Gasteiger partial charge in [0.2, 0.25) is 0 Å². The summed E-state index contributed by atoms with van der Waals surface area (Å²) in [5, 5.41) is 16.0. The molecule has 0 bridgehead atoms. The van der Waals surface area contributed by atoms with E-state index in [1.807, 2.05) is 19.0 Å². The van der Waals surface area contributed by atoms with Gasteiger partial charge in [-0.3, -0.25) is 4.99 Å². The van der Waals surface area contributed by atoms with E-state index in [1.165, 1.54) is 18.2 Å². The van der Waals surface area contributed by atoms with E-state index in [1.54, 1.807) is 12.1 Å². The second-order valence-electron chi connectivity index (χ2n) is 6.85. The molecule has 1 aliphatic heterocycles. The first-order chi connectivity index (χ1) is 13.4. The van der Waals surface area contributed by atoms with E-state index in [-0.39, 0.29) is 11.4 Å². The van der Waals surface area contributed by atoms with Crippen molar-refractivity contribution >= 4 is 28.8 Å². The normalized spacial score (nSPS) is 15.2. The smallest absolute Gasteiger partial charge is 0.147 e. The number of fused-ring (bicyclic) bond motifs is 1. The average Bonchev–Trinajstić information content (AvgIpc) is 3.08. The monoisotopic (exact) mass is 406 g/mol. The number of halogens is 3. The molecule has 0 fully saturated rings. The van der Waals surface area contributed by atoms with Crippen LogP contribution in [0.5, 0.6) is 0 Å². The number of benzene rings is 2. The molecule has 0 saturated heterocycles. The molecule has 0 saturated carbocycles. The van der Waals surface area contributed by atoms with E-state index in [4.69, 9.17) is 11.6 Å². The summed E-state index contributed by atoms with van der Waals surface area (Å²) in [6.07, 6.45) is 0.640. The Labute approximate surface area is 167 Å². The summed E-state index contributed by atoms with van der Waals surface area (Å²) in [7, 11) is 3.92.